The number of aryl methyl sites for hydroxylation is 1. The van der Waals surface area contributed by atoms with Crippen LogP contribution in [0.4, 0.5) is 13.2 Å². The summed E-state index contributed by atoms with van der Waals surface area (Å²) in [7, 11) is 0. The molecule has 1 amide bonds. The third kappa shape index (κ3) is 6.04. The first kappa shape index (κ1) is 24.7. The van der Waals surface area contributed by atoms with E-state index in [1.165, 1.54) is 23.9 Å². The highest BCUT2D eigenvalue weighted by Crippen LogP contribution is 2.34. The zero-order chi connectivity index (χ0) is 25.1. The number of aromatic nitrogens is 2. The minimum Gasteiger partial charge on any atom is -0.406 e. The molecule has 1 fully saturated rings. The van der Waals surface area contributed by atoms with Gasteiger partial charge >= 0.3 is 6.36 Å². The maximum atomic E-state index is 12.8. The molecule has 10 heteroatoms. The smallest absolute Gasteiger partial charge is 0.406 e. The zero-order valence-corrected chi connectivity index (χ0v) is 20.4. The number of imidazole rings is 1. The summed E-state index contributed by atoms with van der Waals surface area (Å²) in [4.78, 5) is 20.3. The normalized spacial score (nSPS) is 16.7. The number of hydrogen-bond donors (Lipinski definition) is 1. The molecule has 0 aliphatic carbocycles. The van der Waals surface area contributed by atoms with Crippen LogP contribution < -0.4 is 10.1 Å². The highest BCUT2D eigenvalue weighted by atomic mass is 32.2. The Balaban J connectivity index is 1.03. The SMILES string of the molecule is O=C(NCC1CCN(CCCc2cccc(OC(F)(F)F)c2)CC1)C1=Cc2cnc3cccc(n23)S1. The van der Waals surface area contributed by atoms with Gasteiger partial charge in [-0.3, -0.25) is 9.20 Å². The van der Waals surface area contributed by atoms with Gasteiger partial charge in [-0.25, -0.2) is 4.98 Å². The van der Waals surface area contributed by atoms with Crippen LogP contribution in [0.5, 0.6) is 5.75 Å². The van der Waals surface area contributed by atoms with E-state index in [1.807, 2.05) is 34.7 Å². The van der Waals surface area contributed by atoms with Crippen LogP contribution >= 0.6 is 11.8 Å². The van der Waals surface area contributed by atoms with Crippen molar-refractivity contribution >= 4 is 29.4 Å². The first-order valence-electron chi connectivity index (χ1n) is 12.1. The van der Waals surface area contributed by atoms with Gasteiger partial charge in [-0.2, -0.15) is 0 Å². The summed E-state index contributed by atoms with van der Waals surface area (Å²) in [6.07, 6.45) is 2.58. The zero-order valence-electron chi connectivity index (χ0n) is 19.6. The third-order valence-electron chi connectivity index (χ3n) is 6.57. The number of benzene rings is 1. The van der Waals surface area contributed by atoms with Crippen LogP contribution in [-0.2, 0) is 11.2 Å². The topological polar surface area (TPSA) is 58.9 Å². The van der Waals surface area contributed by atoms with Crippen molar-refractivity contribution < 1.29 is 22.7 Å². The van der Waals surface area contributed by atoms with Crippen LogP contribution in [0.25, 0.3) is 11.7 Å². The molecule has 190 valence electrons. The molecule has 0 saturated carbocycles. The third-order valence-corrected chi connectivity index (χ3v) is 7.62. The predicted molar refractivity (Wildman–Crippen MR) is 133 cm³/mol. The van der Waals surface area contributed by atoms with E-state index in [0.717, 1.165) is 60.8 Å². The number of likely N-dealkylation sites (tertiary alicyclic amines) is 1. The number of hydrogen-bond acceptors (Lipinski definition) is 5. The molecule has 0 atom stereocenters. The molecule has 2 aliphatic heterocycles. The fourth-order valence-corrected chi connectivity index (χ4v) is 5.75. The van der Waals surface area contributed by atoms with E-state index >= 15 is 0 Å². The van der Waals surface area contributed by atoms with E-state index in [-0.39, 0.29) is 11.7 Å². The van der Waals surface area contributed by atoms with Gasteiger partial charge in [-0.15, -0.1) is 13.2 Å². The van der Waals surface area contributed by atoms with Gasteiger partial charge in [-0.1, -0.05) is 30.0 Å². The Kier molecular flexibility index (Phi) is 7.25. The Labute approximate surface area is 211 Å². The fraction of sp³-hybridized carbons (Fsp3) is 0.385. The molecular weight excluding hydrogens is 489 g/mol. The molecule has 1 aromatic carbocycles. The Bertz CT molecular complexity index is 1270. The van der Waals surface area contributed by atoms with Crippen molar-refractivity contribution in [3.63, 3.8) is 0 Å². The molecule has 2 aromatic heterocycles. The van der Waals surface area contributed by atoms with Crippen molar-refractivity contribution in [3.8, 4) is 5.75 Å². The minimum absolute atomic E-state index is 0.0522. The molecule has 6 nitrogen and oxygen atoms in total. The van der Waals surface area contributed by atoms with E-state index in [9.17, 15) is 18.0 Å². The number of piperidine rings is 1. The standard InChI is InChI=1S/C26H27F3N4O2S/c27-26(28,29)35-21-6-1-4-18(14-21)5-3-11-32-12-9-19(10-13-32)16-31-25(34)22-15-20-17-30-23-7-2-8-24(36-22)33(20)23/h1-2,4,6-8,14-15,17,19H,3,5,9-13,16H2,(H,31,34). The molecular formula is C26H27F3N4O2S. The molecule has 0 spiro atoms. The Morgan fingerprint density at radius 1 is 1.17 bits per heavy atom. The van der Waals surface area contributed by atoms with Gasteiger partial charge < -0.3 is 15.0 Å². The molecule has 1 saturated heterocycles. The number of rotatable bonds is 8. The summed E-state index contributed by atoms with van der Waals surface area (Å²) in [5.41, 5.74) is 2.63. The Morgan fingerprint density at radius 3 is 2.78 bits per heavy atom. The summed E-state index contributed by atoms with van der Waals surface area (Å²) in [6.45, 7) is 3.46. The molecule has 4 heterocycles. The fourth-order valence-electron chi connectivity index (χ4n) is 4.74. The molecule has 36 heavy (non-hydrogen) atoms. The predicted octanol–water partition coefficient (Wildman–Crippen LogP) is 5.14. The van der Waals surface area contributed by atoms with Crippen molar-refractivity contribution in [1.29, 1.82) is 0 Å². The number of halogens is 3. The highest BCUT2D eigenvalue weighted by molar-refractivity contribution is 8.04. The Hall–Kier alpha value is -2.98. The second-order valence-corrected chi connectivity index (χ2v) is 10.2. The van der Waals surface area contributed by atoms with Gasteiger partial charge in [-0.05, 0) is 87.1 Å². The van der Waals surface area contributed by atoms with E-state index in [1.54, 1.807) is 12.3 Å². The quantitative estimate of drug-likeness (QED) is 0.449. The second-order valence-electron chi connectivity index (χ2n) is 9.15. The number of amides is 1. The van der Waals surface area contributed by atoms with Gasteiger partial charge in [0, 0.05) is 6.54 Å². The molecule has 0 radical (unpaired) electrons. The number of pyridine rings is 1. The van der Waals surface area contributed by atoms with Gasteiger partial charge in [0.2, 0.25) is 0 Å². The summed E-state index contributed by atoms with van der Waals surface area (Å²) >= 11 is 1.46. The van der Waals surface area contributed by atoms with Crippen LogP contribution in [0.1, 0.15) is 30.5 Å². The maximum Gasteiger partial charge on any atom is 0.573 e. The summed E-state index contributed by atoms with van der Waals surface area (Å²) < 4.78 is 43.3. The summed E-state index contributed by atoms with van der Waals surface area (Å²) in [5.74, 6) is 0.209. The van der Waals surface area contributed by atoms with Crippen LogP contribution in [0.3, 0.4) is 0 Å². The average Bonchev–Trinajstić information content (AvgIpc) is 3.27. The first-order chi connectivity index (χ1) is 17.3. The molecule has 2 aliphatic rings. The van der Waals surface area contributed by atoms with Crippen molar-refractivity contribution in [2.45, 2.75) is 37.1 Å². The lowest BCUT2D eigenvalue weighted by atomic mass is 9.96. The van der Waals surface area contributed by atoms with Gasteiger partial charge in [0.1, 0.15) is 11.4 Å². The molecule has 3 aromatic rings. The van der Waals surface area contributed by atoms with E-state index in [4.69, 9.17) is 0 Å². The number of alkyl halides is 3. The molecule has 0 bridgehead atoms. The van der Waals surface area contributed by atoms with Crippen LogP contribution in [0, 0.1) is 5.92 Å². The van der Waals surface area contributed by atoms with Crippen molar-refractivity contribution in [1.82, 2.24) is 19.6 Å². The largest absolute Gasteiger partial charge is 0.573 e. The first-order valence-corrected chi connectivity index (χ1v) is 12.9. The minimum atomic E-state index is -4.67. The second kappa shape index (κ2) is 10.6. The van der Waals surface area contributed by atoms with Gasteiger partial charge in [0.15, 0.2) is 0 Å². The van der Waals surface area contributed by atoms with Crippen LogP contribution in [0.15, 0.2) is 58.6 Å². The monoisotopic (exact) mass is 516 g/mol. The van der Waals surface area contributed by atoms with Crippen molar-refractivity contribution in [2.75, 3.05) is 26.2 Å². The lowest BCUT2D eigenvalue weighted by molar-refractivity contribution is -0.274. The molecule has 1 N–H and O–H groups in total. The summed E-state index contributed by atoms with van der Waals surface area (Å²) in [6, 6.07) is 12.1. The number of carbonyl (C=O) groups excluding carboxylic acids is 1. The van der Waals surface area contributed by atoms with E-state index in [0.29, 0.717) is 23.8 Å². The van der Waals surface area contributed by atoms with Crippen molar-refractivity contribution in [3.05, 3.63) is 64.8 Å². The van der Waals surface area contributed by atoms with E-state index in [2.05, 4.69) is 19.9 Å². The van der Waals surface area contributed by atoms with Crippen LogP contribution in [0.2, 0.25) is 0 Å². The van der Waals surface area contributed by atoms with Crippen LogP contribution in [-0.4, -0.2) is 52.7 Å². The number of thioether (sulfide) groups is 1. The highest BCUT2D eigenvalue weighted by Gasteiger charge is 2.31. The number of carbonyl (C=O) groups is 1. The number of nitrogens with one attached hydrogen (secondary N) is 1. The van der Waals surface area contributed by atoms with E-state index < -0.39 is 6.36 Å². The number of nitrogens with zero attached hydrogens (tertiary/aromatic N) is 3. The Morgan fingerprint density at radius 2 is 1.97 bits per heavy atom. The summed E-state index contributed by atoms with van der Waals surface area (Å²) in [5, 5.41) is 4.10. The van der Waals surface area contributed by atoms with Gasteiger partial charge in [0.25, 0.3) is 5.91 Å². The average molecular weight is 517 g/mol. The van der Waals surface area contributed by atoms with Gasteiger partial charge in [0.05, 0.1) is 21.8 Å². The maximum absolute atomic E-state index is 12.8. The molecule has 0 unspecified atom stereocenters. The number of ether oxygens (including phenoxy) is 1. The van der Waals surface area contributed by atoms with Crippen molar-refractivity contribution in [2.24, 2.45) is 5.92 Å². The molecule has 5 rings (SSSR count). The lowest BCUT2D eigenvalue weighted by Gasteiger charge is -2.32. The lowest BCUT2D eigenvalue weighted by Crippen LogP contribution is -2.39.